The minimum absolute atomic E-state index is 0.000822. The van der Waals surface area contributed by atoms with Gasteiger partial charge in [0.05, 0.1) is 21.6 Å². The van der Waals surface area contributed by atoms with E-state index in [9.17, 15) is 23.3 Å². The summed E-state index contributed by atoms with van der Waals surface area (Å²) in [6.07, 6.45) is 2.35. The zero-order chi connectivity index (χ0) is 23.5. The van der Waals surface area contributed by atoms with Gasteiger partial charge in [-0.3, -0.25) is 14.9 Å². The molecule has 9 nitrogen and oxygen atoms in total. The van der Waals surface area contributed by atoms with Crippen LogP contribution >= 0.6 is 11.6 Å². The quantitative estimate of drug-likeness (QED) is 0.460. The topological polar surface area (TPSA) is 119 Å². The van der Waals surface area contributed by atoms with E-state index in [1.807, 2.05) is 0 Å². The van der Waals surface area contributed by atoms with E-state index < -0.39 is 26.5 Å². The number of nitrogens with zero attached hydrogens (tertiary/aromatic N) is 2. The number of nitrogens with one attached hydrogen (secondary N) is 1. The fourth-order valence-corrected chi connectivity index (χ4v) is 5.10. The molecule has 0 unspecified atom stereocenters. The Hall–Kier alpha value is -2.69. The van der Waals surface area contributed by atoms with Gasteiger partial charge in [-0.25, -0.2) is 8.42 Å². The molecular weight excluding hydrogens is 458 g/mol. The smallest absolute Gasteiger partial charge is 0.288 e. The van der Waals surface area contributed by atoms with E-state index in [0.717, 1.165) is 25.3 Å². The second kappa shape index (κ2) is 9.85. The van der Waals surface area contributed by atoms with Crippen LogP contribution in [0.15, 0.2) is 41.3 Å². The summed E-state index contributed by atoms with van der Waals surface area (Å²) in [6, 6.07) is 7.97. The Labute approximate surface area is 191 Å². The highest BCUT2D eigenvalue weighted by Crippen LogP contribution is 2.32. The summed E-state index contributed by atoms with van der Waals surface area (Å²) in [5.74, 6) is -0.375. The lowest BCUT2D eigenvalue weighted by Crippen LogP contribution is -2.35. The van der Waals surface area contributed by atoms with Crippen molar-refractivity contribution in [3.8, 4) is 5.75 Å². The van der Waals surface area contributed by atoms with Crippen molar-refractivity contribution in [2.75, 3.05) is 18.4 Å². The maximum Gasteiger partial charge on any atom is 0.288 e. The standard InChI is InChI=1S/C21H24ClN3O6S/c1-14(2)31-20-9-7-16(32(29,30)24-10-4-3-5-11-24)13-18(20)23-21(26)15-6-8-17(22)19(12-15)25(27)28/h6-9,12-14H,3-5,10-11H2,1-2H3,(H,23,26). The lowest BCUT2D eigenvalue weighted by Gasteiger charge is -2.26. The zero-order valence-electron chi connectivity index (χ0n) is 17.7. The first kappa shape index (κ1) is 24.0. The van der Waals surface area contributed by atoms with Gasteiger partial charge in [0.15, 0.2) is 0 Å². The van der Waals surface area contributed by atoms with Crippen LogP contribution in [0.5, 0.6) is 5.75 Å². The van der Waals surface area contributed by atoms with Crippen molar-refractivity contribution in [1.29, 1.82) is 0 Å². The van der Waals surface area contributed by atoms with Gasteiger partial charge in [0, 0.05) is 24.7 Å². The third-order valence-electron chi connectivity index (χ3n) is 4.92. The number of benzene rings is 2. The fraction of sp³-hybridized carbons (Fsp3) is 0.381. The first-order valence-electron chi connectivity index (χ1n) is 10.2. The number of anilines is 1. The van der Waals surface area contributed by atoms with E-state index in [1.54, 1.807) is 13.8 Å². The molecule has 0 spiro atoms. The first-order chi connectivity index (χ1) is 15.1. The predicted octanol–water partition coefficient (Wildman–Crippen LogP) is 4.46. The zero-order valence-corrected chi connectivity index (χ0v) is 19.3. The van der Waals surface area contributed by atoms with Crippen LogP contribution in [0, 0.1) is 10.1 Å². The molecule has 2 aromatic carbocycles. The van der Waals surface area contributed by atoms with Crippen molar-refractivity contribution in [2.45, 2.75) is 44.1 Å². The predicted molar refractivity (Wildman–Crippen MR) is 121 cm³/mol. The molecule has 0 saturated carbocycles. The van der Waals surface area contributed by atoms with Gasteiger partial charge in [-0.05, 0) is 57.0 Å². The number of hydrogen-bond donors (Lipinski definition) is 1. The molecule has 3 rings (SSSR count). The Kier molecular flexibility index (Phi) is 7.37. The summed E-state index contributed by atoms with van der Waals surface area (Å²) >= 11 is 5.82. The van der Waals surface area contributed by atoms with Crippen molar-refractivity contribution in [2.24, 2.45) is 0 Å². The van der Waals surface area contributed by atoms with Crippen molar-refractivity contribution in [3.63, 3.8) is 0 Å². The number of sulfonamides is 1. The third kappa shape index (κ3) is 5.37. The van der Waals surface area contributed by atoms with Gasteiger partial charge < -0.3 is 10.1 Å². The second-order valence-electron chi connectivity index (χ2n) is 7.67. The molecule has 1 amide bonds. The van der Waals surface area contributed by atoms with Crippen LogP contribution in [0.4, 0.5) is 11.4 Å². The van der Waals surface area contributed by atoms with Crippen LogP contribution in [0.25, 0.3) is 0 Å². The highest BCUT2D eigenvalue weighted by atomic mass is 35.5. The Morgan fingerprint density at radius 2 is 1.84 bits per heavy atom. The van der Waals surface area contributed by atoms with Gasteiger partial charge in [0.1, 0.15) is 10.8 Å². The van der Waals surface area contributed by atoms with Gasteiger partial charge in [-0.15, -0.1) is 0 Å². The number of rotatable bonds is 7. The molecule has 172 valence electrons. The Morgan fingerprint density at radius 1 is 1.16 bits per heavy atom. The number of nitro benzene ring substituents is 1. The highest BCUT2D eigenvalue weighted by molar-refractivity contribution is 7.89. The van der Waals surface area contributed by atoms with Crippen molar-refractivity contribution in [3.05, 3.63) is 57.1 Å². The highest BCUT2D eigenvalue weighted by Gasteiger charge is 2.27. The number of amides is 1. The van der Waals surface area contributed by atoms with Crippen molar-refractivity contribution >= 4 is 38.9 Å². The molecule has 11 heteroatoms. The maximum absolute atomic E-state index is 13.1. The Balaban J connectivity index is 1.96. The average Bonchev–Trinajstić information content (AvgIpc) is 2.75. The number of carbonyl (C=O) groups is 1. The molecular formula is C21H24ClN3O6S. The van der Waals surface area contributed by atoms with Crippen LogP contribution in [0.2, 0.25) is 5.02 Å². The number of ether oxygens (including phenoxy) is 1. The largest absolute Gasteiger partial charge is 0.489 e. The minimum atomic E-state index is -3.73. The molecule has 32 heavy (non-hydrogen) atoms. The summed E-state index contributed by atoms with van der Waals surface area (Å²) in [6.45, 7) is 4.49. The lowest BCUT2D eigenvalue weighted by atomic mass is 10.2. The van der Waals surface area contributed by atoms with E-state index in [0.29, 0.717) is 13.1 Å². The molecule has 1 saturated heterocycles. The lowest BCUT2D eigenvalue weighted by molar-refractivity contribution is -0.384. The summed E-state index contributed by atoms with van der Waals surface area (Å²) in [7, 11) is -3.73. The van der Waals surface area contributed by atoms with Gasteiger partial charge in [0.25, 0.3) is 11.6 Å². The van der Waals surface area contributed by atoms with Crippen molar-refractivity contribution < 1.29 is 22.9 Å². The van der Waals surface area contributed by atoms with Crippen LogP contribution in [0.1, 0.15) is 43.5 Å². The van der Waals surface area contributed by atoms with E-state index in [1.165, 1.54) is 34.6 Å². The fourth-order valence-electron chi connectivity index (χ4n) is 3.37. The SMILES string of the molecule is CC(C)Oc1ccc(S(=O)(=O)N2CCCCC2)cc1NC(=O)c1ccc(Cl)c([N+](=O)[O-])c1. The second-order valence-corrected chi connectivity index (χ2v) is 10.0. The summed E-state index contributed by atoms with van der Waals surface area (Å²) in [5, 5.41) is 13.7. The Bertz CT molecular complexity index is 1130. The molecule has 0 aromatic heterocycles. The van der Waals surface area contributed by atoms with Gasteiger partial charge in [-0.1, -0.05) is 18.0 Å². The van der Waals surface area contributed by atoms with Gasteiger partial charge in [-0.2, -0.15) is 4.31 Å². The van der Waals surface area contributed by atoms with Crippen LogP contribution < -0.4 is 10.1 Å². The summed E-state index contributed by atoms with van der Waals surface area (Å²) in [5.41, 5.74) is -0.250. The van der Waals surface area contributed by atoms with E-state index in [4.69, 9.17) is 16.3 Å². The molecule has 1 heterocycles. The van der Waals surface area contributed by atoms with Crippen molar-refractivity contribution in [1.82, 2.24) is 4.31 Å². The normalized spacial score (nSPS) is 14.9. The number of halogens is 1. The number of hydrogen-bond acceptors (Lipinski definition) is 6. The molecule has 0 radical (unpaired) electrons. The summed E-state index contributed by atoms with van der Waals surface area (Å²) < 4.78 is 33.3. The third-order valence-corrected chi connectivity index (χ3v) is 7.13. The van der Waals surface area contributed by atoms with Gasteiger partial charge in [0.2, 0.25) is 10.0 Å². The molecule has 0 bridgehead atoms. The van der Waals surface area contributed by atoms with Crippen LogP contribution in [-0.2, 0) is 10.0 Å². The average molecular weight is 482 g/mol. The maximum atomic E-state index is 13.1. The van der Waals surface area contributed by atoms with Crippen LogP contribution in [0.3, 0.4) is 0 Å². The Morgan fingerprint density at radius 3 is 2.47 bits per heavy atom. The molecule has 2 aromatic rings. The number of carbonyl (C=O) groups excluding carboxylic acids is 1. The molecule has 1 N–H and O–H groups in total. The van der Waals surface area contributed by atoms with E-state index in [2.05, 4.69) is 5.32 Å². The van der Waals surface area contributed by atoms with E-state index in [-0.39, 0.29) is 33.0 Å². The summed E-state index contributed by atoms with van der Waals surface area (Å²) in [4.78, 5) is 23.3. The monoisotopic (exact) mass is 481 g/mol. The molecule has 1 fully saturated rings. The number of nitro groups is 1. The first-order valence-corrected chi connectivity index (χ1v) is 12.0. The van der Waals surface area contributed by atoms with E-state index >= 15 is 0 Å². The minimum Gasteiger partial charge on any atom is -0.489 e. The van der Waals surface area contributed by atoms with Gasteiger partial charge >= 0.3 is 0 Å². The van der Waals surface area contributed by atoms with Crippen LogP contribution in [-0.4, -0.2) is 42.7 Å². The number of piperidine rings is 1. The molecule has 0 atom stereocenters. The molecule has 1 aliphatic heterocycles. The molecule has 0 aliphatic carbocycles. The molecule has 1 aliphatic rings.